The van der Waals surface area contributed by atoms with Gasteiger partial charge in [-0.2, -0.15) is 0 Å². The van der Waals surface area contributed by atoms with Crippen molar-refractivity contribution in [1.82, 2.24) is 0 Å². The highest BCUT2D eigenvalue weighted by Gasteiger charge is 2.15. The van der Waals surface area contributed by atoms with Crippen molar-refractivity contribution in [2.24, 2.45) is 5.92 Å². The van der Waals surface area contributed by atoms with Gasteiger partial charge in [0.15, 0.2) is 0 Å². The molecule has 0 aromatic heterocycles. The summed E-state index contributed by atoms with van der Waals surface area (Å²) in [5.41, 5.74) is 0. The van der Waals surface area contributed by atoms with Gasteiger partial charge in [0.25, 0.3) is 0 Å². The Morgan fingerprint density at radius 2 is 1.82 bits per heavy atom. The van der Waals surface area contributed by atoms with Crippen molar-refractivity contribution in [3.63, 3.8) is 0 Å². The van der Waals surface area contributed by atoms with Crippen LogP contribution in [0.25, 0.3) is 0 Å². The number of ether oxygens (including phenoxy) is 2. The SMILES string of the molecule is COC(=O)C(=O)OCC(C)C. The fourth-order valence-corrected chi connectivity index (χ4v) is 0.385. The van der Waals surface area contributed by atoms with E-state index in [1.165, 1.54) is 0 Å². The summed E-state index contributed by atoms with van der Waals surface area (Å²) in [5, 5.41) is 0. The zero-order valence-electron chi connectivity index (χ0n) is 6.92. The van der Waals surface area contributed by atoms with Gasteiger partial charge in [-0.3, -0.25) is 0 Å². The molecule has 4 nitrogen and oxygen atoms in total. The summed E-state index contributed by atoms with van der Waals surface area (Å²) in [6.45, 7) is 4.00. The van der Waals surface area contributed by atoms with E-state index in [0.29, 0.717) is 0 Å². The van der Waals surface area contributed by atoms with E-state index in [-0.39, 0.29) is 12.5 Å². The number of hydrogen-bond donors (Lipinski definition) is 0. The van der Waals surface area contributed by atoms with E-state index < -0.39 is 11.9 Å². The van der Waals surface area contributed by atoms with E-state index in [9.17, 15) is 9.59 Å². The molecule has 0 N–H and O–H groups in total. The molecular weight excluding hydrogens is 148 g/mol. The summed E-state index contributed by atoms with van der Waals surface area (Å²) in [5.74, 6) is -1.66. The Morgan fingerprint density at radius 1 is 1.27 bits per heavy atom. The molecule has 0 rings (SSSR count). The lowest BCUT2D eigenvalue weighted by molar-refractivity contribution is -0.166. The van der Waals surface area contributed by atoms with E-state index in [0.717, 1.165) is 7.11 Å². The van der Waals surface area contributed by atoms with Gasteiger partial charge < -0.3 is 9.47 Å². The van der Waals surface area contributed by atoms with Gasteiger partial charge in [-0.05, 0) is 5.92 Å². The minimum atomic E-state index is -0.953. The fraction of sp³-hybridized carbons (Fsp3) is 0.714. The zero-order chi connectivity index (χ0) is 8.85. The molecule has 0 radical (unpaired) electrons. The summed E-state index contributed by atoms with van der Waals surface area (Å²) in [6.07, 6.45) is 0. The van der Waals surface area contributed by atoms with E-state index in [1.807, 2.05) is 13.8 Å². The molecule has 11 heavy (non-hydrogen) atoms. The quantitative estimate of drug-likeness (QED) is 0.432. The fourth-order valence-electron chi connectivity index (χ4n) is 0.385. The van der Waals surface area contributed by atoms with Crippen molar-refractivity contribution in [3.8, 4) is 0 Å². The van der Waals surface area contributed by atoms with Crippen LogP contribution in [0, 0.1) is 5.92 Å². The molecule has 0 fully saturated rings. The molecule has 0 aromatic rings. The van der Waals surface area contributed by atoms with Crippen LogP contribution in [0.5, 0.6) is 0 Å². The van der Waals surface area contributed by atoms with Crippen molar-refractivity contribution in [2.75, 3.05) is 13.7 Å². The molecule has 0 aliphatic rings. The maximum atomic E-state index is 10.6. The number of rotatable bonds is 2. The second-order valence-corrected chi connectivity index (χ2v) is 2.48. The Morgan fingerprint density at radius 3 is 2.18 bits per heavy atom. The number of esters is 2. The molecule has 0 aliphatic carbocycles. The molecule has 0 saturated heterocycles. The van der Waals surface area contributed by atoms with Crippen LogP contribution in [0.15, 0.2) is 0 Å². The second-order valence-electron chi connectivity index (χ2n) is 2.48. The van der Waals surface area contributed by atoms with Crippen molar-refractivity contribution >= 4 is 11.9 Å². The van der Waals surface area contributed by atoms with Crippen LogP contribution >= 0.6 is 0 Å². The first-order valence-electron chi connectivity index (χ1n) is 3.33. The summed E-state index contributed by atoms with van der Waals surface area (Å²) in [7, 11) is 1.14. The third-order valence-corrected chi connectivity index (χ3v) is 0.900. The van der Waals surface area contributed by atoms with Crippen molar-refractivity contribution < 1.29 is 19.1 Å². The summed E-state index contributed by atoms with van der Waals surface area (Å²) in [4.78, 5) is 21.0. The van der Waals surface area contributed by atoms with Gasteiger partial charge in [0.05, 0.1) is 13.7 Å². The third kappa shape index (κ3) is 4.36. The molecule has 64 valence electrons. The molecule has 0 spiro atoms. The van der Waals surface area contributed by atoms with Crippen LogP contribution in [0.3, 0.4) is 0 Å². The van der Waals surface area contributed by atoms with Gasteiger partial charge in [0, 0.05) is 0 Å². The molecule has 0 heterocycles. The average molecular weight is 160 g/mol. The third-order valence-electron chi connectivity index (χ3n) is 0.900. The Bertz CT molecular complexity index is 151. The highest BCUT2D eigenvalue weighted by atomic mass is 16.6. The molecule has 0 atom stereocenters. The van der Waals surface area contributed by atoms with Gasteiger partial charge in [0.2, 0.25) is 0 Å². The number of hydrogen-bond acceptors (Lipinski definition) is 4. The van der Waals surface area contributed by atoms with Crippen LogP contribution in [0.2, 0.25) is 0 Å². The molecule has 0 amide bonds. The normalized spacial score (nSPS) is 9.45. The Kier molecular flexibility index (Phi) is 4.26. The van der Waals surface area contributed by atoms with Crippen LogP contribution in [-0.2, 0) is 19.1 Å². The predicted molar refractivity (Wildman–Crippen MR) is 37.8 cm³/mol. The van der Waals surface area contributed by atoms with E-state index in [2.05, 4.69) is 9.47 Å². The molecule has 0 aromatic carbocycles. The van der Waals surface area contributed by atoms with Gasteiger partial charge in [0.1, 0.15) is 0 Å². The first-order valence-corrected chi connectivity index (χ1v) is 3.33. The maximum Gasteiger partial charge on any atom is 0.417 e. The molecular formula is C7H12O4. The molecule has 0 unspecified atom stereocenters. The minimum Gasteiger partial charge on any atom is -0.461 e. The number of carbonyl (C=O) groups is 2. The van der Waals surface area contributed by atoms with E-state index in [4.69, 9.17) is 0 Å². The van der Waals surface area contributed by atoms with Crippen LogP contribution in [-0.4, -0.2) is 25.7 Å². The lowest BCUT2D eigenvalue weighted by Gasteiger charge is -2.04. The van der Waals surface area contributed by atoms with Gasteiger partial charge in [-0.15, -0.1) is 0 Å². The summed E-state index contributed by atoms with van der Waals surface area (Å²) < 4.78 is 8.67. The van der Waals surface area contributed by atoms with Crippen molar-refractivity contribution in [2.45, 2.75) is 13.8 Å². The van der Waals surface area contributed by atoms with Crippen molar-refractivity contribution in [3.05, 3.63) is 0 Å². The summed E-state index contributed by atoms with van der Waals surface area (Å²) in [6, 6.07) is 0. The van der Waals surface area contributed by atoms with Crippen LogP contribution in [0.4, 0.5) is 0 Å². The lowest BCUT2D eigenvalue weighted by atomic mass is 10.2. The highest BCUT2D eigenvalue weighted by molar-refractivity contribution is 6.29. The summed E-state index contributed by atoms with van der Waals surface area (Å²) >= 11 is 0. The number of methoxy groups -OCH3 is 1. The molecule has 0 aliphatic heterocycles. The van der Waals surface area contributed by atoms with E-state index >= 15 is 0 Å². The highest BCUT2D eigenvalue weighted by Crippen LogP contribution is 1.93. The Hall–Kier alpha value is -1.06. The van der Waals surface area contributed by atoms with Crippen molar-refractivity contribution in [1.29, 1.82) is 0 Å². The molecule has 4 heteroatoms. The van der Waals surface area contributed by atoms with Gasteiger partial charge in [-0.1, -0.05) is 13.8 Å². The smallest absolute Gasteiger partial charge is 0.417 e. The van der Waals surface area contributed by atoms with Crippen LogP contribution < -0.4 is 0 Å². The number of carbonyl (C=O) groups excluding carboxylic acids is 2. The predicted octanol–water partition coefficient (Wildman–Crippen LogP) is 0.359. The Labute approximate surface area is 65.5 Å². The van der Waals surface area contributed by atoms with E-state index in [1.54, 1.807) is 0 Å². The second kappa shape index (κ2) is 4.71. The molecule has 0 saturated carbocycles. The Balaban J connectivity index is 3.61. The monoisotopic (exact) mass is 160 g/mol. The topological polar surface area (TPSA) is 52.6 Å². The largest absolute Gasteiger partial charge is 0.461 e. The van der Waals surface area contributed by atoms with Gasteiger partial charge >= 0.3 is 11.9 Å². The van der Waals surface area contributed by atoms with Crippen LogP contribution in [0.1, 0.15) is 13.8 Å². The first-order chi connectivity index (χ1) is 5.07. The standard InChI is InChI=1S/C7H12O4/c1-5(2)4-11-7(9)6(8)10-3/h5H,4H2,1-3H3. The zero-order valence-corrected chi connectivity index (χ0v) is 6.92. The van der Waals surface area contributed by atoms with Gasteiger partial charge in [-0.25, -0.2) is 9.59 Å². The molecule has 0 bridgehead atoms. The lowest BCUT2D eigenvalue weighted by Crippen LogP contribution is -2.20. The first kappa shape index (κ1) is 9.94. The maximum absolute atomic E-state index is 10.6. The average Bonchev–Trinajstić information content (AvgIpc) is 1.98. The minimum absolute atomic E-state index is 0.226.